The lowest BCUT2D eigenvalue weighted by Crippen LogP contribution is -2.05. The molecular weight excluding hydrogens is 267 g/mol. The molecule has 0 N–H and O–H groups in total. The second-order valence-corrected chi connectivity index (χ2v) is 4.56. The quantitative estimate of drug-likeness (QED) is 0.793. The van der Waals surface area contributed by atoms with Crippen molar-refractivity contribution >= 4 is 17.4 Å². The van der Waals surface area contributed by atoms with E-state index in [4.69, 9.17) is 16.3 Å². The second-order valence-electron chi connectivity index (χ2n) is 4.16. The number of hydrogen-bond donors (Lipinski definition) is 0. The summed E-state index contributed by atoms with van der Waals surface area (Å²) < 4.78 is 18.4. The van der Waals surface area contributed by atoms with E-state index in [0.29, 0.717) is 11.3 Å². The molecule has 98 valence electrons. The van der Waals surface area contributed by atoms with Crippen LogP contribution in [0.1, 0.15) is 21.5 Å². The van der Waals surface area contributed by atoms with E-state index >= 15 is 0 Å². The number of halogens is 2. The zero-order valence-electron chi connectivity index (χ0n) is 10.5. The minimum atomic E-state index is -0.501. The Balaban J connectivity index is 2.55. The molecule has 0 aliphatic carbocycles. The third-order valence-corrected chi connectivity index (χ3v) is 3.10. The molecule has 0 atom stereocenters. The fraction of sp³-hybridized carbons (Fsp3) is 0.133. The summed E-state index contributed by atoms with van der Waals surface area (Å²) in [5, 5.41) is 0.218. The van der Waals surface area contributed by atoms with Gasteiger partial charge < -0.3 is 4.74 Å². The third kappa shape index (κ3) is 2.76. The highest BCUT2D eigenvalue weighted by Crippen LogP contribution is 2.26. The summed E-state index contributed by atoms with van der Waals surface area (Å²) in [4.78, 5) is 12.4. The Morgan fingerprint density at radius 3 is 2.58 bits per heavy atom. The molecule has 19 heavy (non-hydrogen) atoms. The fourth-order valence-corrected chi connectivity index (χ4v) is 2.02. The zero-order chi connectivity index (χ0) is 14.0. The number of hydrogen-bond acceptors (Lipinski definition) is 2. The van der Waals surface area contributed by atoms with Gasteiger partial charge in [0.05, 0.1) is 17.7 Å². The number of methoxy groups -OCH3 is 1. The summed E-state index contributed by atoms with van der Waals surface area (Å²) in [7, 11) is 1.48. The molecule has 2 aromatic carbocycles. The highest BCUT2D eigenvalue weighted by atomic mass is 35.5. The Labute approximate surface area is 115 Å². The Morgan fingerprint density at radius 1 is 1.16 bits per heavy atom. The van der Waals surface area contributed by atoms with Gasteiger partial charge >= 0.3 is 0 Å². The van der Waals surface area contributed by atoms with Crippen LogP contribution in [0, 0.1) is 12.7 Å². The lowest BCUT2D eigenvalue weighted by molar-refractivity contribution is 0.103. The maximum absolute atomic E-state index is 13.2. The van der Waals surface area contributed by atoms with Crippen LogP contribution in [-0.2, 0) is 0 Å². The largest absolute Gasteiger partial charge is 0.496 e. The molecule has 0 aliphatic rings. The molecule has 0 heterocycles. The van der Waals surface area contributed by atoms with Gasteiger partial charge in [0.15, 0.2) is 5.78 Å². The van der Waals surface area contributed by atoms with Crippen LogP contribution in [0.2, 0.25) is 5.02 Å². The molecule has 0 spiro atoms. The summed E-state index contributed by atoms with van der Waals surface area (Å²) in [6, 6.07) is 8.95. The topological polar surface area (TPSA) is 26.3 Å². The standard InChI is InChI=1S/C15H12ClFO2/c1-9-3-6-14(19-2)12(7-9)15(18)11-8-10(17)4-5-13(11)16/h3-8H,1-2H3. The van der Waals surface area contributed by atoms with Crippen LogP contribution in [-0.4, -0.2) is 12.9 Å². The third-order valence-electron chi connectivity index (χ3n) is 2.77. The van der Waals surface area contributed by atoms with Crippen molar-refractivity contribution in [2.24, 2.45) is 0 Å². The molecule has 0 aromatic heterocycles. The minimum Gasteiger partial charge on any atom is -0.496 e. The van der Waals surface area contributed by atoms with Gasteiger partial charge in [0.2, 0.25) is 0 Å². The number of aryl methyl sites for hydroxylation is 1. The maximum atomic E-state index is 13.2. The Kier molecular flexibility index (Phi) is 3.86. The van der Waals surface area contributed by atoms with Crippen LogP contribution in [0.15, 0.2) is 36.4 Å². The zero-order valence-corrected chi connectivity index (χ0v) is 11.3. The summed E-state index contributed by atoms with van der Waals surface area (Å²) in [6.45, 7) is 1.86. The van der Waals surface area contributed by atoms with E-state index < -0.39 is 5.82 Å². The minimum absolute atomic E-state index is 0.130. The molecular formula is C15H12ClFO2. The highest BCUT2D eigenvalue weighted by molar-refractivity contribution is 6.35. The van der Waals surface area contributed by atoms with E-state index in [1.165, 1.54) is 19.2 Å². The number of carbonyl (C=O) groups excluding carboxylic acids is 1. The predicted octanol–water partition coefficient (Wildman–Crippen LogP) is 4.03. The van der Waals surface area contributed by atoms with Gasteiger partial charge in [0.1, 0.15) is 11.6 Å². The van der Waals surface area contributed by atoms with E-state index in [9.17, 15) is 9.18 Å². The second kappa shape index (κ2) is 5.41. The molecule has 0 fully saturated rings. The van der Waals surface area contributed by atoms with Crippen molar-refractivity contribution in [2.75, 3.05) is 7.11 Å². The van der Waals surface area contributed by atoms with Gasteiger partial charge in [-0.25, -0.2) is 4.39 Å². The number of benzene rings is 2. The first-order chi connectivity index (χ1) is 9.02. The van der Waals surface area contributed by atoms with Crippen molar-refractivity contribution < 1.29 is 13.9 Å². The van der Waals surface area contributed by atoms with Crippen molar-refractivity contribution in [3.05, 3.63) is 63.9 Å². The number of rotatable bonds is 3. The first-order valence-electron chi connectivity index (χ1n) is 5.67. The average Bonchev–Trinajstić information content (AvgIpc) is 2.40. The molecule has 4 heteroatoms. The van der Waals surface area contributed by atoms with Crippen LogP contribution in [0.5, 0.6) is 5.75 Å². The van der Waals surface area contributed by atoms with E-state index in [1.54, 1.807) is 12.1 Å². The lowest BCUT2D eigenvalue weighted by atomic mass is 10.0. The van der Waals surface area contributed by atoms with E-state index in [-0.39, 0.29) is 16.4 Å². The first-order valence-corrected chi connectivity index (χ1v) is 6.05. The Morgan fingerprint density at radius 2 is 1.89 bits per heavy atom. The van der Waals surface area contributed by atoms with Crippen molar-refractivity contribution in [3.8, 4) is 5.75 Å². The molecule has 0 saturated carbocycles. The molecule has 0 saturated heterocycles. The van der Waals surface area contributed by atoms with Crippen LogP contribution in [0.3, 0.4) is 0 Å². The first kappa shape index (κ1) is 13.6. The van der Waals surface area contributed by atoms with E-state index in [2.05, 4.69) is 0 Å². The van der Waals surface area contributed by atoms with Crippen LogP contribution in [0.4, 0.5) is 4.39 Å². The molecule has 0 radical (unpaired) electrons. The monoisotopic (exact) mass is 278 g/mol. The molecule has 2 nitrogen and oxygen atoms in total. The summed E-state index contributed by atoms with van der Waals surface area (Å²) in [5.74, 6) is -0.416. The number of carbonyl (C=O) groups is 1. The van der Waals surface area contributed by atoms with Crippen LogP contribution >= 0.6 is 11.6 Å². The smallest absolute Gasteiger partial charge is 0.198 e. The van der Waals surface area contributed by atoms with Crippen molar-refractivity contribution in [2.45, 2.75) is 6.92 Å². The van der Waals surface area contributed by atoms with Crippen molar-refractivity contribution in [3.63, 3.8) is 0 Å². The maximum Gasteiger partial charge on any atom is 0.198 e. The lowest BCUT2D eigenvalue weighted by Gasteiger charge is -2.09. The SMILES string of the molecule is COc1ccc(C)cc1C(=O)c1cc(F)ccc1Cl. The van der Waals surface area contributed by atoms with Gasteiger partial charge in [-0.3, -0.25) is 4.79 Å². The Bertz CT molecular complexity index is 638. The van der Waals surface area contributed by atoms with Gasteiger partial charge in [-0.05, 0) is 37.3 Å². The Hall–Kier alpha value is -1.87. The van der Waals surface area contributed by atoms with Crippen LogP contribution < -0.4 is 4.74 Å². The van der Waals surface area contributed by atoms with Gasteiger partial charge in [0.25, 0.3) is 0 Å². The molecule has 0 amide bonds. The summed E-state index contributed by atoms with van der Waals surface area (Å²) >= 11 is 5.95. The van der Waals surface area contributed by atoms with Gasteiger partial charge in [-0.1, -0.05) is 23.2 Å². The van der Waals surface area contributed by atoms with E-state index in [1.807, 2.05) is 13.0 Å². The van der Waals surface area contributed by atoms with Crippen molar-refractivity contribution in [1.29, 1.82) is 0 Å². The average molecular weight is 279 g/mol. The number of ether oxygens (including phenoxy) is 1. The predicted molar refractivity (Wildman–Crippen MR) is 72.6 cm³/mol. The molecule has 0 aliphatic heterocycles. The fourth-order valence-electron chi connectivity index (χ4n) is 1.82. The van der Waals surface area contributed by atoms with Crippen molar-refractivity contribution in [1.82, 2.24) is 0 Å². The molecule has 2 rings (SSSR count). The summed E-state index contributed by atoms with van der Waals surface area (Å²) in [5.41, 5.74) is 1.41. The molecule has 2 aromatic rings. The summed E-state index contributed by atoms with van der Waals surface area (Å²) in [6.07, 6.45) is 0. The van der Waals surface area contributed by atoms with Crippen LogP contribution in [0.25, 0.3) is 0 Å². The molecule has 0 unspecified atom stereocenters. The molecule has 0 bridgehead atoms. The van der Waals surface area contributed by atoms with E-state index in [0.717, 1.165) is 11.6 Å². The normalized spacial score (nSPS) is 10.3. The number of ketones is 1. The highest BCUT2D eigenvalue weighted by Gasteiger charge is 2.18. The van der Waals surface area contributed by atoms with Gasteiger partial charge in [-0.15, -0.1) is 0 Å². The van der Waals surface area contributed by atoms with Gasteiger partial charge in [-0.2, -0.15) is 0 Å². The van der Waals surface area contributed by atoms with Gasteiger partial charge in [0, 0.05) is 5.56 Å².